The highest BCUT2D eigenvalue weighted by atomic mass is 19.4. The van der Waals surface area contributed by atoms with Crippen molar-refractivity contribution in [1.29, 1.82) is 0 Å². The molecular formula is C24H26F3N3O2. The Hall–Kier alpha value is -2.87. The van der Waals surface area contributed by atoms with Crippen molar-refractivity contribution >= 4 is 10.9 Å². The molecule has 0 saturated carbocycles. The van der Waals surface area contributed by atoms with Gasteiger partial charge in [0, 0.05) is 18.7 Å². The van der Waals surface area contributed by atoms with Gasteiger partial charge >= 0.3 is 6.36 Å². The van der Waals surface area contributed by atoms with Crippen LogP contribution < -0.4 is 10.3 Å². The molecule has 0 unspecified atom stereocenters. The van der Waals surface area contributed by atoms with Crippen LogP contribution in [-0.4, -0.2) is 40.4 Å². The number of piperidine rings is 1. The van der Waals surface area contributed by atoms with Crippen LogP contribution in [0, 0.1) is 12.8 Å². The molecule has 32 heavy (non-hydrogen) atoms. The van der Waals surface area contributed by atoms with Gasteiger partial charge in [-0.3, -0.25) is 9.36 Å². The normalized spacial score (nSPS) is 17.6. The van der Waals surface area contributed by atoms with Crippen molar-refractivity contribution in [1.82, 2.24) is 14.5 Å². The first-order valence-electron chi connectivity index (χ1n) is 10.8. The lowest BCUT2D eigenvalue weighted by atomic mass is 9.97. The lowest BCUT2D eigenvalue weighted by Gasteiger charge is -2.32. The van der Waals surface area contributed by atoms with Gasteiger partial charge in [-0.05, 0) is 62.5 Å². The predicted molar refractivity (Wildman–Crippen MR) is 118 cm³/mol. The van der Waals surface area contributed by atoms with Crippen LogP contribution in [0.15, 0.2) is 47.3 Å². The smallest absolute Gasteiger partial charge is 0.406 e. The number of hydrogen-bond donors (Lipinski definition) is 0. The summed E-state index contributed by atoms with van der Waals surface area (Å²) >= 11 is 0. The van der Waals surface area contributed by atoms with Crippen LogP contribution in [0.25, 0.3) is 22.3 Å². The molecule has 0 aliphatic carbocycles. The van der Waals surface area contributed by atoms with Crippen molar-refractivity contribution in [3.8, 4) is 17.1 Å². The summed E-state index contributed by atoms with van der Waals surface area (Å²) in [5, 5.41) is 0.118. The van der Waals surface area contributed by atoms with Crippen molar-refractivity contribution in [3.63, 3.8) is 0 Å². The second-order valence-electron chi connectivity index (χ2n) is 8.29. The maximum atomic E-state index is 13.5. The van der Waals surface area contributed by atoms with E-state index in [2.05, 4.69) is 16.6 Å². The molecule has 0 amide bonds. The number of fused-ring (bicyclic) bond motifs is 1. The highest BCUT2D eigenvalue weighted by Crippen LogP contribution is 2.28. The first-order chi connectivity index (χ1) is 15.2. The van der Waals surface area contributed by atoms with Crippen molar-refractivity contribution in [2.24, 2.45) is 5.92 Å². The molecule has 5 nitrogen and oxygen atoms in total. The molecule has 0 spiro atoms. The lowest BCUT2D eigenvalue weighted by Crippen LogP contribution is -2.38. The number of alkyl halides is 3. The van der Waals surface area contributed by atoms with Crippen LogP contribution in [0.4, 0.5) is 13.2 Å². The van der Waals surface area contributed by atoms with E-state index in [1.165, 1.54) is 12.1 Å². The average Bonchev–Trinajstić information content (AvgIpc) is 2.75. The van der Waals surface area contributed by atoms with E-state index in [0.717, 1.165) is 49.7 Å². The first kappa shape index (κ1) is 22.3. The van der Waals surface area contributed by atoms with Crippen molar-refractivity contribution in [2.45, 2.75) is 39.6 Å². The van der Waals surface area contributed by atoms with Crippen molar-refractivity contribution in [3.05, 3.63) is 58.4 Å². The van der Waals surface area contributed by atoms with Gasteiger partial charge in [0.25, 0.3) is 5.56 Å². The van der Waals surface area contributed by atoms with Crippen molar-refractivity contribution in [2.75, 3.05) is 19.6 Å². The number of aromatic nitrogens is 2. The van der Waals surface area contributed by atoms with Gasteiger partial charge < -0.3 is 9.64 Å². The molecule has 1 saturated heterocycles. The maximum absolute atomic E-state index is 13.5. The monoisotopic (exact) mass is 445 g/mol. The van der Waals surface area contributed by atoms with Gasteiger partial charge in [0.1, 0.15) is 11.6 Å². The molecule has 1 fully saturated rings. The zero-order chi connectivity index (χ0) is 22.9. The van der Waals surface area contributed by atoms with Gasteiger partial charge in [0.15, 0.2) is 0 Å². The van der Waals surface area contributed by atoms with E-state index < -0.39 is 12.1 Å². The quantitative estimate of drug-likeness (QED) is 0.554. The maximum Gasteiger partial charge on any atom is 0.573 e. The number of nitrogens with zero attached hydrogens (tertiary/aromatic N) is 3. The van der Waals surface area contributed by atoms with E-state index in [-0.39, 0.29) is 16.9 Å². The molecule has 3 aromatic rings. The number of hydrogen-bond acceptors (Lipinski definition) is 4. The molecule has 0 bridgehead atoms. The summed E-state index contributed by atoms with van der Waals surface area (Å²) in [6.07, 6.45) is -2.78. The Bertz CT molecular complexity index is 1170. The summed E-state index contributed by atoms with van der Waals surface area (Å²) in [6, 6.07) is 11.4. The molecule has 0 radical (unpaired) electrons. The fraction of sp³-hybridized carbons (Fsp3) is 0.417. The SMILES string of the molecule is CCN1CCC[C@@H](Cn2c(-c3ccccc3C)nc3ccc(OC(F)(F)F)cc3c2=O)C1. The Morgan fingerprint density at radius 3 is 2.69 bits per heavy atom. The number of benzene rings is 2. The number of aryl methyl sites for hydroxylation is 1. The fourth-order valence-corrected chi connectivity index (χ4v) is 4.44. The second kappa shape index (κ2) is 8.94. The molecule has 8 heteroatoms. The van der Waals surface area contributed by atoms with Crippen LogP contribution in [-0.2, 0) is 6.54 Å². The molecule has 1 atom stereocenters. The number of ether oxygens (including phenoxy) is 1. The van der Waals surface area contributed by atoms with Crippen LogP contribution in [0.1, 0.15) is 25.3 Å². The van der Waals surface area contributed by atoms with E-state index in [1.807, 2.05) is 31.2 Å². The van der Waals surface area contributed by atoms with E-state index in [9.17, 15) is 18.0 Å². The van der Waals surface area contributed by atoms with Crippen molar-refractivity contribution < 1.29 is 17.9 Å². The molecule has 1 aromatic heterocycles. The van der Waals surface area contributed by atoms with E-state index in [4.69, 9.17) is 4.98 Å². The summed E-state index contributed by atoms with van der Waals surface area (Å²) in [5.41, 5.74) is 1.81. The second-order valence-corrected chi connectivity index (χ2v) is 8.29. The molecule has 0 N–H and O–H groups in total. The van der Waals surface area contributed by atoms with E-state index >= 15 is 0 Å². The third-order valence-corrected chi connectivity index (χ3v) is 6.04. The first-order valence-corrected chi connectivity index (χ1v) is 10.8. The topological polar surface area (TPSA) is 47.4 Å². The lowest BCUT2D eigenvalue weighted by molar-refractivity contribution is -0.274. The van der Waals surface area contributed by atoms with Gasteiger partial charge in [0.05, 0.1) is 10.9 Å². The van der Waals surface area contributed by atoms with Gasteiger partial charge in [-0.1, -0.05) is 31.2 Å². The van der Waals surface area contributed by atoms with Crippen LogP contribution in [0.3, 0.4) is 0 Å². The van der Waals surface area contributed by atoms with E-state index in [0.29, 0.717) is 17.9 Å². The Balaban J connectivity index is 1.85. The Kier molecular flexibility index (Phi) is 6.24. The van der Waals surface area contributed by atoms with Crippen LogP contribution in [0.5, 0.6) is 5.75 Å². The molecule has 170 valence electrons. The molecule has 2 aromatic carbocycles. The van der Waals surface area contributed by atoms with Crippen LogP contribution >= 0.6 is 0 Å². The summed E-state index contributed by atoms with van der Waals surface area (Å²) in [5.74, 6) is 0.380. The fourth-order valence-electron chi connectivity index (χ4n) is 4.44. The highest BCUT2D eigenvalue weighted by Gasteiger charge is 2.31. The van der Waals surface area contributed by atoms with Gasteiger partial charge in [-0.15, -0.1) is 13.2 Å². The minimum Gasteiger partial charge on any atom is -0.406 e. The summed E-state index contributed by atoms with van der Waals surface area (Å²) in [7, 11) is 0. The van der Waals surface area contributed by atoms with Gasteiger partial charge in [-0.25, -0.2) is 4.98 Å². The summed E-state index contributed by atoms with van der Waals surface area (Å²) < 4.78 is 43.8. The molecular weight excluding hydrogens is 419 g/mol. The third kappa shape index (κ3) is 4.80. The Labute approximate surface area is 184 Å². The Morgan fingerprint density at radius 1 is 1.19 bits per heavy atom. The minimum atomic E-state index is -4.83. The van der Waals surface area contributed by atoms with Crippen LogP contribution in [0.2, 0.25) is 0 Å². The highest BCUT2D eigenvalue weighted by molar-refractivity contribution is 5.81. The largest absolute Gasteiger partial charge is 0.573 e. The molecule has 1 aliphatic heterocycles. The molecule has 4 rings (SSSR count). The third-order valence-electron chi connectivity index (χ3n) is 6.04. The Morgan fingerprint density at radius 2 is 1.97 bits per heavy atom. The predicted octanol–water partition coefficient (Wildman–Crippen LogP) is 5.00. The summed E-state index contributed by atoms with van der Waals surface area (Å²) in [6.45, 7) is 7.41. The standard InChI is InChI=1S/C24H26F3N3O2/c1-3-29-12-6-8-17(14-29)15-30-22(19-9-5-4-7-16(19)2)28-21-11-10-18(32-24(25,26)27)13-20(21)23(30)31/h4-5,7,9-11,13,17H,3,6,8,12,14-15H2,1-2H3/t17-/m1/s1. The molecule has 1 aliphatic rings. The van der Waals surface area contributed by atoms with Gasteiger partial charge in [-0.2, -0.15) is 0 Å². The van der Waals surface area contributed by atoms with E-state index in [1.54, 1.807) is 4.57 Å². The zero-order valence-corrected chi connectivity index (χ0v) is 18.2. The zero-order valence-electron chi connectivity index (χ0n) is 18.2. The minimum absolute atomic E-state index is 0.118. The summed E-state index contributed by atoms with van der Waals surface area (Å²) in [4.78, 5) is 20.6. The number of rotatable bonds is 5. The number of halogens is 3. The average molecular weight is 445 g/mol. The molecule has 2 heterocycles. The number of likely N-dealkylation sites (tertiary alicyclic amines) is 1. The van der Waals surface area contributed by atoms with Gasteiger partial charge in [0.2, 0.25) is 0 Å².